The number of piperazine rings is 1. The topological polar surface area (TPSA) is 49.3 Å². The lowest BCUT2D eigenvalue weighted by molar-refractivity contribution is -0.138. The van der Waals surface area contributed by atoms with Gasteiger partial charge in [0.05, 0.1) is 0 Å². The summed E-state index contributed by atoms with van der Waals surface area (Å²) in [5.41, 5.74) is 2.69. The van der Waals surface area contributed by atoms with E-state index in [0.29, 0.717) is 17.9 Å². The number of benzene rings is 1. The highest BCUT2D eigenvalue weighted by Gasteiger charge is 2.32. The summed E-state index contributed by atoms with van der Waals surface area (Å²) < 4.78 is 14.5. The first-order chi connectivity index (χ1) is 15.5. The second kappa shape index (κ2) is 9.97. The summed E-state index contributed by atoms with van der Waals surface area (Å²) in [5.74, 6) is 2.42. The monoisotopic (exact) mass is 438 g/mol. The van der Waals surface area contributed by atoms with Crippen LogP contribution in [-0.2, 0) is 17.6 Å². The standard InChI is InChI=1S/C26H35FN4O/c1-4-18(3)24-28-23(5-2)21(17-20-9-6-7-12-22(20)27)25(29-24)30-13-15-31(16-14-30)26(32)19-10-8-11-19/h6-7,9,12,18-19H,4-5,8,10-11,13-17H2,1-3H3. The molecule has 1 aromatic heterocycles. The maximum absolute atomic E-state index is 14.5. The van der Waals surface area contributed by atoms with Crippen LogP contribution in [0.5, 0.6) is 0 Å². The molecule has 2 heterocycles. The van der Waals surface area contributed by atoms with E-state index in [2.05, 4.69) is 25.7 Å². The predicted octanol–water partition coefficient (Wildman–Crippen LogP) is 4.73. The van der Waals surface area contributed by atoms with Crippen LogP contribution in [0.1, 0.15) is 75.0 Å². The molecule has 1 amide bonds. The largest absolute Gasteiger partial charge is 0.353 e. The molecule has 1 aromatic carbocycles. The Hall–Kier alpha value is -2.50. The zero-order chi connectivity index (χ0) is 22.7. The maximum atomic E-state index is 14.5. The Kier molecular flexibility index (Phi) is 7.07. The quantitative estimate of drug-likeness (QED) is 0.627. The Morgan fingerprint density at radius 1 is 1.12 bits per heavy atom. The zero-order valence-corrected chi connectivity index (χ0v) is 19.6. The van der Waals surface area contributed by atoms with E-state index < -0.39 is 0 Å². The molecule has 5 nitrogen and oxygen atoms in total. The summed E-state index contributed by atoms with van der Waals surface area (Å²) in [5, 5.41) is 0. The smallest absolute Gasteiger partial charge is 0.225 e. The number of hydrogen-bond donors (Lipinski definition) is 0. The first-order valence-electron chi connectivity index (χ1n) is 12.2. The van der Waals surface area contributed by atoms with E-state index in [1.54, 1.807) is 6.07 Å². The lowest BCUT2D eigenvalue weighted by atomic mass is 9.84. The molecule has 4 rings (SSSR count). The van der Waals surface area contributed by atoms with E-state index >= 15 is 0 Å². The number of carbonyl (C=O) groups is 1. The van der Waals surface area contributed by atoms with Gasteiger partial charge in [0.25, 0.3) is 0 Å². The second-order valence-corrected chi connectivity index (χ2v) is 9.20. The summed E-state index contributed by atoms with van der Waals surface area (Å²) in [6.07, 6.45) is 5.48. The molecule has 32 heavy (non-hydrogen) atoms. The van der Waals surface area contributed by atoms with Gasteiger partial charge in [0.2, 0.25) is 5.91 Å². The van der Waals surface area contributed by atoms with Gasteiger partial charge in [0, 0.05) is 55.7 Å². The van der Waals surface area contributed by atoms with Crippen LogP contribution in [-0.4, -0.2) is 47.0 Å². The number of amides is 1. The van der Waals surface area contributed by atoms with Crippen LogP contribution < -0.4 is 4.90 Å². The van der Waals surface area contributed by atoms with Crippen LogP contribution in [0.25, 0.3) is 0 Å². The molecule has 172 valence electrons. The Balaban J connectivity index is 1.64. The van der Waals surface area contributed by atoms with Gasteiger partial charge in [-0.25, -0.2) is 14.4 Å². The van der Waals surface area contributed by atoms with E-state index in [1.807, 2.05) is 17.0 Å². The molecule has 0 radical (unpaired) electrons. The molecule has 2 aliphatic rings. The van der Waals surface area contributed by atoms with Crippen molar-refractivity contribution in [1.29, 1.82) is 0 Å². The number of nitrogens with zero attached hydrogens (tertiary/aromatic N) is 4. The van der Waals surface area contributed by atoms with Gasteiger partial charge in [-0.05, 0) is 37.3 Å². The average molecular weight is 439 g/mol. The number of halogens is 1. The SMILES string of the molecule is CCc1nc(C(C)CC)nc(N2CCN(C(=O)C3CCC3)CC2)c1Cc1ccccc1F. The fraction of sp³-hybridized carbons (Fsp3) is 0.577. The highest BCUT2D eigenvalue weighted by molar-refractivity contribution is 5.80. The molecule has 2 fully saturated rings. The van der Waals surface area contributed by atoms with Gasteiger partial charge in [-0.15, -0.1) is 0 Å². The van der Waals surface area contributed by atoms with Gasteiger partial charge in [-0.2, -0.15) is 0 Å². The minimum absolute atomic E-state index is 0.192. The van der Waals surface area contributed by atoms with Crippen molar-refractivity contribution in [3.63, 3.8) is 0 Å². The Morgan fingerprint density at radius 3 is 2.44 bits per heavy atom. The van der Waals surface area contributed by atoms with Crippen molar-refractivity contribution in [2.24, 2.45) is 5.92 Å². The normalized spacial score (nSPS) is 17.9. The average Bonchev–Trinajstić information content (AvgIpc) is 2.79. The van der Waals surface area contributed by atoms with E-state index in [-0.39, 0.29) is 17.7 Å². The van der Waals surface area contributed by atoms with E-state index in [4.69, 9.17) is 9.97 Å². The van der Waals surface area contributed by atoms with Crippen molar-refractivity contribution < 1.29 is 9.18 Å². The maximum Gasteiger partial charge on any atom is 0.225 e. The molecular formula is C26H35FN4O. The summed E-state index contributed by atoms with van der Waals surface area (Å²) >= 11 is 0. The van der Waals surface area contributed by atoms with Crippen molar-refractivity contribution in [3.05, 3.63) is 52.7 Å². The first kappa shape index (κ1) is 22.7. The number of carbonyl (C=O) groups excluding carboxylic acids is 1. The fourth-order valence-electron chi connectivity index (χ4n) is 4.56. The minimum Gasteiger partial charge on any atom is -0.353 e. The minimum atomic E-state index is -0.192. The van der Waals surface area contributed by atoms with Gasteiger partial charge in [0.15, 0.2) is 0 Å². The summed E-state index contributed by atoms with van der Waals surface area (Å²) in [4.78, 5) is 26.9. The molecule has 0 spiro atoms. The zero-order valence-electron chi connectivity index (χ0n) is 19.6. The third kappa shape index (κ3) is 4.64. The molecule has 0 bridgehead atoms. The molecule has 1 atom stereocenters. The first-order valence-corrected chi connectivity index (χ1v) is 12.2. The van der Waals surface area contributed by atoms with Gasteiger partial charge in [0.1, 0.15) is 17.5 Å². The molecule has 1 saturated heterocycles. The molecular weight excluding hydrogens is 403 g/mol. The Labute approximate surface area is 191 Å². The number of rotatable bonds is 7. The summed E-state index contributed by atoms with van der Waals surface area (Å²) in [6, 6.07) is 6.96. The van der Waals surface area contributed by atoms with Crippen molar-refractivity contribution in [2.45, 2.75) is 65.2 Å². The van der Waals surface area contributed by atoms with Crippen LogP contribution in [0.4, 0.5) is 10.2 Å². The predicted molar refractivity (Wildman–Crippen MR) is 125 cm³/mol. The number of anilines is 1. The summed E-state index contributed by atoms with van der Waals surface area (Å²) in [7, 11) is 0. The number of aromatic nitrogens is 2. The van der Waals surface area contributed by atoms with E-state index in [9.17, 15) is 9.18 Å². The van der Waals surface area contributed by atoms with Gasteiger partial charge >= 0.3 is 0 Å². The molecule has 1 saturated carbocycles. The van der Waals surface area contributed by atoms with Gasteiger partial charge in [-0.1, -0.05) is 45.4 Å². The lowest BCUT2D eigenvalue weighted by Crippen LogP contribution is -2.51. The van der Waals surface area contributed by atoms with Crippen LogP contribution in [0.3, 0.4) is 0 Å². The van der Waals surface area contributed by atoms with Crippen molar-refractivity contribution in [2.75, 3.05) is 31.1 Å². The molecule has 1 unspecified atom stereocenters. The lowest BCUT2D eigenvalue weighted by Gasteiger charge is -2.39. The van der Waals surface area contributed by atoms with Crippen molar-refractivity contribution in [3.8, 4) is 0 Å². The third-order valence-electron chi connectivity index (χ3n) is 7.15. The van der Waals surface area contributed by atoms with Crippen LogP contribution in [0, 0.1) is 11.7 Å². The van der Waals surface area contributed by atoms with Crippen LogP contribution in [0.15, 0.2) is 24.3 Å². The number of hydrogen-bond acceptors (Lipinski definition) is 4. The van der Waals surface area contributed by atoms with Crippen LogP contribution >= 0.6 is 0 Å². The summed E-state index contributed by atoms with van der Waals surface area (Å²) in [6.45, 7) is 9.36. The van der Waals surface area contributed by atoms with Crippen LogP contribution in [0.2, 0.25) is 0 Å². The molecule has 0 N–H and O–H groups in total. The van der Waals surface area contributed by atoms with Gasteiger partial charge < -0.3 is 9.80 Å². The van der Waals surface area contributed by atoms with Crippen molar-refractivity contribution >= 4 is 11.7 Å². The van der Waals surface area contributed by atoms with E-state index in [0.717, 1.165) is 74.8 Å². The molecule has 2 aromatic rings. The highest BCUT2D eigenvalue weighted by Crippen LogP contribution is 2.31. The third-order valence-corrected chi connectivity index (χ3v) is 7.15. The molecule has 6 heteroatoms. The molecule has 1 aliphatic heterocycles. The Morgan fingerprint density at radius 2 is 1.84 bits per heavy atom. The fourth-order valence-corrected chi connectivity index (χ4v) is 4.56. The van der Waals surface area contributed by atoms with Gasteiger partial charge in [-0.3, -0.25) is 4.79 Å². The molecule has 1 aliphatic carbocycles. The van der Waals surface area contributed by atoms with Crippen molar-refractivity contribution in [1.82, 2.24) is 14.9 Å². The van der Waals surface area contributed by atoms with E-state index in [1.165, 1.54) is 12.5 Å². The number of aryl methyl sites for hydroxylation is 1. The highest BCUT2D eigenvalue weighted by atomic mass is 19.1. The second-order valence-electron chi connectivity index (χ2n) is 9.20. The Bertz CT molecular complexity index is 951.